The Labute approximate surface area is 123 Å². The highest BCUT2D eigenvalue weighted by Crippen LogP contribution is 2.29. The molecule has 0 aliphatic rings. The summed E-state index contributed by atoms with van der Waals surface area (Å²) in [5.74, 6) is 0.127. The highest BCUT2D eigenvalue weighted by atomic mass is 79.9. The number of nitrogens with two attached hydrogens (primary N) is 1. The molecule has 2 rings (SSSR count). The molecule has 0 aromatic heterocycles. The van der Waals surface area contributed by atoms with Gasteiger partial charge in [-0.1, -0.05) is 11.2 Å². The normalized spacial score (nSPS) is 11.4. The lowest BCUT2D eigenvalue weighted by atomic mass is 10.2. The minimum absolute atomic E-state index is 0.0230. The van der Waals surface area contributed by atoms with Crippen molar-refractivity contribution >= 4 is 21.8 Å². The van der Waals surface area contributed by atoms with E-state index in [1.165, 1.54) is 6.07 Å². The minimum atomic E-state index is -0.438. The van der Waals surface area contributed by atoms with Crippen LogP contribution in [0, 0.1) is 12.7 Å². The first-order valence-corrected chi connectivity index (χ1v) is 6.52. The smallest absolute Gasteiger partial charge is 0.171 e. The fraction of sp³-hybridized carbons (Fsp3) is 0.0714. The van der Waals surface area contributed by atoms with E-state index in [4.69, 9.17) is 15.7 Å². The summed E-state index contributed by atoms with van der Waals surface area (Å²) in [7, 11) is 0. The van der Waals surface area contributed by atoms with Gasteiger partial charge in [-0.05, 0) is 58.7 Å². The lowest BCUT2D eigenvalue weighted by molar-refractivity contribution is 0.318. The Bertz CT molecular complexity index is 674. The van der Waals surface area contributed by atoms with E-state index in [1.807, 2.05) is 6.92 Å². The van der Waals surface area contributed by atoms with Gasteiger partial charge in [0.05, 0.1) is 0 Å². The molecule has 0 saturated carbocycles. The Kier molecular flexibility index (Phi) is 4.24. The summed E-state index contributed by atoms with van der Waals surface area (Å²) in [5.41, 5.74) is 6.93. The maximum atomic E-state index is 13.6. The number of rotatable bonds is 3. The van der Waals surface area contributed by atoms with E-state index >= 15 is 0 Å². The van der Waals surface area contributed by atoms with Crippen LogP contribution >= 0.6 is 15.9 Å². The molecule has 0 amide bonds. The van der Waals surface area contributed by atoms with Crippen LogP contribution in [0.15, 0.2) is 46.0 Å². The van der Waals surface area contributed by atoms with Crippen molar-refractivity contribution in [3.05, 3.63) is 57.8 Å². The topological polar surface area (TPSA) is 67.8 Å². The standard InChI is InChI=1S/C14H12BrFN2O2/c1-8-2-5-12(16)13(6-8)20-9-3-4-10(11(15)7-9)14(17)18-19/h2-7,19H,1H3,(H2,17,18). The second kappa shape index (κ2) is 5.92. The van der Waals surface area contributed by atoms with Crippen LogP contribution in [0.1, 0.15) is 11.1 Å². The molecular formula is C14H12BrFN2O2. The molecule has 2 aromatic carbocycles. The van der Waals surface area contributed by atoms with E-state index in [2.05, 4.69) is 21.1 Å². The lowest BCUT2D eigenvalue weighted by Crippen LogP contribution is -2.13. The molecule has 0 saturated heterocycles. The monoisotopic (exact) mass is 338 g/mol. The second-order valence-corrected chi connectivity index (χ2v) is 5.02. The number of ether oxygens (including phenoxy) is 1. The van der Waals surface area contributed by atoms with Crippen LogP contribution in [-0.2, 0) is 0 Å². The number of nitrogens with zero attached hydrogens (tertiary/aromatic N) is 1. The highest BCUT2D eigenvalue weighted by Gasteiger charge is 2.09. The van der Waals surface area contributed by atoms with Gasteiger partial charge in [0.15, 0.2) is 17.4 Å². The summed E-state index contributed by atoms with van der Waals surface area (Å²) in [6.07, 6.45) is 0. The van der Waals surface area contributed by atoms with Crippen molar-refractivity contribution in [1.29, 1.82) is 0 Å². The van der Waals surface area contributed by atoms with Gasteiger partial charge < -0.3 is 15.7 Å². The second-order valence-electron chi connectivity index (χ2n) is 4.16. The number of amidine groups is 1. The Balaban J connectivity index is 2.31. The van der Waals surface area contributed by atoms with Gasteiger partial charge in [0.1, 0.15) is 5.75 Å². The van der Waals surface area contributed by atoms with Gasteiger partial charge in [-0.15, -0.1) is 0 Å². The molecule has 6 heteroatoms. The van der Waals surface area contributed by atoms with E-state index in [9.17, 15) is 4.39 Å². The molecule has 2 aromatic rings. The van der Waals surface area contributed by atoms with Crippen molar-refractivity contribution in [2.24, 2.45) is 10.9 Å². The van der Waals surface area contributed by atoms with Gasteiger partial charge in [-0.25, -0.2) is 4.39 Å². The molecule has 0 atom stereocenters. The fourth-order valence-electron chi connectivity index (χ4n) is 1.64. The van der Waals surface area contributed by atoms with Gasteiger partial charge in [-0.2, -0.15) is 0 Å². The Morgan fingerprint density at radius 3 is 2.70 bits per heavy atom. The van der Waals surface area contributed by atoms with Crippen molar-refractivity contribution in [2.45, 2.75) is 6.92 Å². The first kappa shape index (κ1) is 14.3. The summed E-state index contributed by atoms with van der Waals surface area (Å²) < 4.78 is 19.7. The van der Waals surface area contributed by atoms with Crippen LogP contribution in [0.5, 0.6) is 11.5 Å². The number of halogens is 2. The molecular weight excluding hydrogens is 327 g/mol. The van der Waals surface area contributed by atoms with Crippen LogP contribution in [0.4, 0.5) is 4.39 Å². The summed E-state index contributed by atoms with van der Waals surface area (Å²) >= 11 is 3.29. The molecule has 0 radical (unpaired) electrons. The van der Waals surface area contributed by atoms with Gasteiger partial charge in [0.25, 0.3) is 0 Å². The number of aryl methyl sites for hydroxylation is 1. The number of benzene rings is 2. The highest BCUT2D eigenvalue weighted by molar-refractivity contribution is 9.10. The summed E-state index contributed by atoms with van der Waals surface area (Å²) in [6.45, 7) is 1.85. The third-order valence-corrected chi connectivity index (χ3v) is 3.29. The van der Waals surface area contributed by atoms with Crippen LogP contribution in [0.3, 0.4) is 0 Å². The molecule has 0 bridgehead atoms. The molecule has 0 aliphatic heterocycles. The van der Waals surface area contributed by atoms with Crippen LogP contribution in [-0.4, -0.2) is 11.0 Å². The summed E-state index contributed by atoms with van der Waals surface area (Å²) in [6, 6.07) is 9.47. The zero-order valence-electron chi connectivity index (χ0n) is 10.6. The molecule has 0 spiro atoms. The molecule has 0 heterocycles. The SMILES string of the molecule is Cc1ccc(F)c(Oc2ccc(/C(N)=N/O)c(Br)c2)c1. The maximum Gasteiger partial charge on any atom is 0.171 e. The third-order valence-electron chi connectivity index (χ3n) is 2.64. The molecule has 4 nitrogen and oxygen atoms in total. The average Bonchev–Trinajstić information content (AvgIpc) is 2.42. The summed E-state index contributed by atoms with van der Waals surface area (Å²) in [4.78, 5) is 0. The minimum Gasteiger partial charge on any atom is -0.454 e. The summed E-state index contributed by atoms with van der Waals surface area (Å²) in [5, 5.41) is 11.6. The van der Waals surface area contributed by atoms with Gasteiger partial charge in [0.2, 0.25) is 0 Å². The van der Waals surface area contributed by atoms with E-state index < -0.39 is 5.82 Å². The van der Waals surface area contributed by atoms with E-state index in [0.29, 0.717) is 15.8 Å². The predicted molar refractivity (Wildman–Crippen MR) is 77.9 cm³/mol. The third kappa shape index (κ3) is 3.08. The van der Waals surface area contributed by atoms with Crippen molar-refractivity contribution in [3.63, 3.8) is 0 Å². The number of hydrogen-bond donors (Lipinski definition) is 2. The molecule has 0 unspecified atom stereocenters. The molecule has 20 heavy (non-hydrogen) atoms. The number of oxime groups is 1. The number of hydrogen-bond acceptors (Lipinski definition) is 3. The fourth-order valence-corrected chi connectivity index (χ4v) is 2.20. The van der Waals surface area contributed by atoms with Crippen molar-refractivity contribution in [1.82, 2.24) is 0 Å². The van der Waals surface area contributed by atoms with Crippen LogP contribution < -0.4 is 10.5 Å². The molecule has 0 fully saturated rings. The van der Waals surface area contributed by atoms with E-state index in [1.54, 1.807) is 30.3 Å². The quantitative estimate of drug-likeness (QED) is 0.387. The molecule has 104 valence electrons. The van der Waals surface area contributed by atoms with Gasteiger partial charge in [-0.3, -0.25) is 0 Å². The average molecular weight is 339 g/mol. The lowest BCUT2D eigenvalue weighted by Gasteiger charge is -2.09. The van der Waals surface area contributed by atoms with Crippen molar-refractivity contribution in [3.8, 4) is 11.5 Å². The van der Waals surface area contributed by atoms with Gasteiger partial charge >= 0.3 is 0 Å². The maximum absolute atomic E-state index is 13.6. The zero-order chi connectivity index (χ0) is 14.7. The first-order chi connectivity index (χ1) is 9.51. The Hall–Kier alpha value is -2.08. The molecule has 3 N–H and O–H groups in total. The zero-order valence-corrected chi connectivity index (χ0v) is 12.2. The van der Waals surface area contributed by atoms with E-state index in [0.717, 1.165) is 5.56 Å². The van der Waals surface area contributed by atoms with Crippen molar-refractivity contribution in [2.75, 3.05) is 0 Å². The first-order valence-electron chi connectivity index (χ1n) is 5.72. The Morgan fingerprint density at radius 1 is 1.30 bits per heavy atom. The largest absolute Gasteiger partial charge is 0.454 e. The van der Waals surface area contributed by atoms with E-state index in [-0.39, 0.29) is 11.6 Å². The van der Waals surface area contributed by atoms with Gasteiger partial charge in [0, 0.05) is 10.0 Å². The molecule has 0 aliphatic carbocycles. The predicted octanol–water partition coefficient (Wildman–Crippen LogP) is 3.78. The van der Waals surface area contributed by atoms with Crippen LogP contribution in [0.2, 0.25) is 0 Å². The van der Waals surface area contributed by atoms with Crippen molar-refractivity contribution < 1.29 is 14.3 Å². The van der Waals surface area contributed by atoms with Crippen LogP contribution in [0.25, 0.3) is 0 Å². The Morgan fingerprint density at radius 2 is 2.05 bits per heavy atom.